The second kappa shape index (κ2) is 8.61. The van der Waals surface area contributed by atoms with Gasteiger partial charge < -0.3 is 9.47 Å². The summed E-state index contributed by atoms with van der Waals surface area (Å²) < 4.78 is 3.43. The molecule has 3 rings (SSSR count). The molecule has 0 aliphatic carbocycles. The molecule has 0 atom stereocenters. The molecule has 130 valence electrons. The first kappa shape index (κ1) is 18.1. The van der Waals surface area contributed by atoms with Gasteiger partial charge in [-0.2, -0.15) is 0 Å². The minimum absolute atomic E-state index is 0.957. The molecule has 0 aliphatic heterocycles. The summed E-state index contributed by atoms with van der Waals surface area (Å²) in [4.78, 5) is 8.13. The molecule has 3 nitrogen and oxygen atoms in total. The van der Waals surface area contributed by atoms with Crippen molar-refractivity contribution in [2.24, 2.45) is 4.99 Å². The average molecular weight is 416 g/mol. The Morgan fingerprint density at radius 1 is 1.04 bits per heavy atom. The lowest BCUT2D eigenvalue weighted by Gasteiger charge is -2.12. The van der Waals surface area contributed by atoms with Crippen LogP contribution in [0.25, 0.3) is 11.3 Å². The first-order valence-corrected chi connectivity index (χ1v) is 9.99. The quantitative estimate of drug-likeness (QED) is 0.544. The van der Waals surface area contributed by atoms with E-state index in [9.17, 15) is 0 Å². The molecular weight excluding hydrogens is 394 g/mol. The summed E-state index contributed by atoms with van der Waals surface area (Å²) in [6.45, 7) is 2.02. The molecule has 0 N–H and O–H groups in total. The third-order valence-electron chi connectivity index (χ3n) is 3.91. The van der Waals surface area contributed by atoms with Crippen LogP contribution in [0.1, 0.15) is 6.42 Å². The molecule has 0 radical (unpaired) electrons. The predicted molar refractivity (Wildman–Crippen MR) is 110 cm³/mol. The van der Waals surface area contributed by atoms with Crippen LogP contribution < -0.4 is 4.80 Å². The van der Waals surface area contributed by atoms with Gasteiger partial charge in [0.15, 0.2) is 4.80 Å². The Morgan fingerprint density at radius 2 is 1.76 bits per heavy atom. The molecule has 0 spiro atoms. The number of halogens is 1. The fraction of sp³-hybridized carbons (Fsp3) is 0.250. The molecule has 1 heterocycles. The molecule has 0 unspecified atom stereocenters. The number of rotatable bonds is 6. The van der Waals surface area contributed by atoms with Crippen LogP contribution in [-0.2, 0) is 6.54 Å². The minimum atomic E-state index is 0.957. The molecule has 0 bridgehead atoms. The lowest BCUT2D eigenvalue weighted by molar-refractivity contribution is 0.386. The number of hydrogen-bond acceptors (Lipinski definition) is 3. The van der Waals surface area contributed by atoms with Gasteiger partial charge in [-0.05, 0) is 56.9 Å². The van der Waals surface area contributed by atoms with Crippen LogP contribution in [-0.4, -0.2) is 30.1 Å². The second-order valence-electron chi connectivity index (χ2n) is 6.17. The molecular formula is C20H22BrN3S. The summed E-state index contributed by atoms with van der Waals surface area (Å²) >= 11 is 5.22. The second-order valence-corrected chi connectivity index (χ2v) is 7.92. The summed E-state index contributed by atoms with van der Waals surface area (Å²) in [5.74, 6) is 0. The molecule has 2 aromatic carbocycles. The van der Waals surface area contributed by atoms with E-state index in [1.807, 2.05) is 30.3 Å². The minimum Gasteiger partial charge on any atom is -0.316 e. The highest BCUT2D eigenvalue weighted by Crippen LogP contribution is 2.23. The third-order valence-corrected chi connectivity index (χ3v) is 5.30. The van der Waals surface area contributed by atoms with E-state index in [0.29, 0.717) is 0 Å². The topological polar surface area (TPSA) is 20.5 Å². The molecule has 5 heteroatoms. The van der Waals surface area contributed by atoms with Gasteiger partial charge in [0.1, 0.15) is 0 Å². The number of para-hydroxylation sites is 1. The van der Waals surface area contributed by atoms with E-state index in [1.54, 1.807) is 11.3 Å². The number of thiazole rings is 1. The fourth-order valence-electron chi connectivity index (χ4n) is 2.64. The van der Waals surface area contributed by atoms with Crippen LogP contribution >= 0.6 is 27.3 Å². The number of aromatic nitrogens is 1. The predicted octanol–water partition coefficient (Wildman–Crippen LogP) is 5.16. The number of nitrogens with zero attached hydrogens (tertiary/aromatic N) is 3. The third kappa shape index (κ3) is 4.91. The largest absolute Gasteiger partial charge is 0.316 e. The molecule has 1 aromatic heterocycles. The van der Waals surface area contributed by atoms with Crippen LogP contribution in [0.2, 0.25) is 0 Å². The maximum atomic E-state index is 4.86. The normalized spacial score (nSPS) is 12.1. The lowest BCUT2D eigenvalue weighted by atomic mass is 10.2. The lowest BCUT2D eigenvalue weighted by Crippen LogP contribution is -2.20. The Morgan fingerprint density at radius 3 is 2.44 bits per heavy atom. The summed E-state index contributed by atoms with van der Waals surface area (Å²) in [7, 11) is 4.23. The van der Waals surface area contributed by atoms with Crippen LogP contribution in [0.3, 0.4) is 0 Å². The van der Waals surface area contributed by atoms with Crippen molar-refractivity contribution in [1.82, 2.24) is 9.47 Å². The van der Waals surface area contributed by atoms with E-state index >= 15 is 0 Å². The van der Waals surface area contributed by atoms with Gasteiger partial charge in [-0.1, -0.05) is 46.3 Å². The molecule has 0 amide bonds. The zero-order valence-electron chi connectivity index (χ0n) is 14.5. The van der Waals surface area contributed by atoms with Gasteiger partial charge in [0.2, 0.25) is 0 Å². The van der Waals surface area contributed by atoms with Gasteiger partial charge in [-0.15, -0.1) is 11.3 Å². The van der Waals surface area contributed by atoms with Crippen LogP contribution in [0, 0.1) is 0 Å². The highest BCUT2D eigenvalue weighted by atomic mass is 79.9. The average Bonchev–Trinajstić information content (AvgIpc) is 2.99. The smallest absolute Gasteiger partial charge is 0.190 e. The molecule has 3 aromatic rings. The SMILES string of the molecule is CN(C)CCCn1c(-c2ccc(Br)cc2)cs/c1=N/c1ccccc1. The molecule has 25 heavy (non-hydrogen) atoms. The van der Waals surface area contributed by atoms with Crippen LogP contribution in [0.15, 0.2) is 69.4 Å². The van der Waals surface area contributed by atoms with Gasteiger partial charge in [0.25, 0.3) is 0 Å². The van der Waals surface area contributed by atoms with Crippen molar-refractivity contribution in [1.29, 1.82) is 0 Å². The Balaban J connectivity index is 2.00. The van der Waals surface area contributed by atoms with E-state index in [4.69, 9.17) is 4.99 Å². The zero-order chi connectivity index (χ0) is 17.6. The molecule has 0 aliphatic rings. The van der Waals surface area contributed by atoms with Crippen molar-refractivity contribution in [2.75, 3.05) is 20.6 Å². The van der Waals surface area contributed by atoms with E-state index in [-0.39, 0.29) is 0 Å². The van der Waals surface area contributed by atoms with Gasteiger partial charge in [0.05, 0.1) is 11.4 Å². The van der Waals surface area contributed by atoms with Crippen molar-refractivity contribution < 1.29 is 0 Å². The maximum absolute atomic E-state index is 4.86. The molecule has 0 saturated carbocycles. The van der Waals surface area contributed by atoms with Crippen LogP contribution in [0.5, 0.6) is 0 Å². The number of benzene rings is 2. The summed E-state index contributed by atoms with van der Waals surface area (Å²) in [6, 6.07) is 18.6. The van der Waals surface area contributed by atoms with E-state index in [0.717, 1.165) is 34.5 Å². The van der Waals surface area contributed by atoms with Crippen LogP contribution in [0.4, 0.5) is 5.69 Å². The first-order chi connectivity index (χ1) is 12.1. The maximum Gasteiger partial charge on any atom is 0.190 e. The molecule has 0 fully saturated rings. The van der Waals surface area contributed by atoms with Gasteiger partial charge in [-0.3, -0.25) is 0 Å². The summed E-state index contributed by atoms with van der Waals surface area (Å²) in [5.41, 5.74) is 3.44. The standard InChI is InChI=1S/C20H22BrN3S/c1-23(2)13-6-14-24-19(16-9-11-17(21)12-10-16)15-25-20(24)22-18-7-4-3-5-8-18/h3-5,7-12,15H,6,13-14H2,1-2H3/b22-20+. The Bertz CT molecular complexity index is 864. The van der Waals surface area contributed by atoms with Crippen molar-refractivity contribution in [3.8, 4) is 11.3 Å². The zero-order valence-corrected chi connectivity index (χ0v) is 16.9. The first-order valence-electron chi connectivity index (χ1n) is 8.32. The van der Waals surface area contributed by atoms with Gasteiger partial charge in [0, 0.05) is 16.4 Å². The van der Waals surface area contributed by atoms with Crippen molar-refractivity contribution in [3.63, 3.8) is 0 Å². The van der Waals surface area contributed by atoms with Crippen molar-refractivity contribution in [2.45, 2.75) is 13.0 Å². The highest BCUT2D eigenvalue weighted by Gasteiger charge is 2.08. The monoisotopic (exact) mass is 415 g/mol. The van der Waals surface area contributed by atoms with Crippen molar-refractivity contribution >= 4 is 33.0 Å². The van der Waals surface area contributed by atoms with E-state index in [2.05, 4.69) is 69.1 Å². The number of hydrogen-bond donors (Lipinski definition) is 0. The van der Waals surface area contributed by atoms with Gasteiger partial charge in [-0.25, -0.2) is 4.99 Å². The summed E-state index contributed by atoms with van der Waals surface area (Å²) in [6.07, 6.45) is 1.09. The highest BCUT2D eigenvalue weighted by molar-refractivity contribution is 9.10. The van der Waals surface area contributed by atoms with Gasteiger partial charge >= 0.3 is 0 Å². The fourth-order valence-corrected chi connectivity index (χ4v) is 3.86. The Labute approximate surface area is 161 Å². The Kier molecular flexibility index (Phi) is 6.24. The van der Waals surface area contributed by atoms with Crippen molar-refractivity contribution in [3.05, 3.63) is 69.3 Å². The Hall–Kier alpha value is -1.69. The van der Waals surface area contributed by atoms with E-state index in [1.165, 1.54) is 11.3 Å². The summed E-state index contributed by atoms with van der Waals surface area (Å²) in [5, 5.41) is 2.21. The van der Waals surface area contributed by atoms with E-state index < -0.39 is 0 Å². The molecule has 0 saturated heterocycles.